The molecule has 1 aliphatic rings. The van der Waals surface area contributed by atoms with Gasteiger partial charge in [0.25, 0.3) is 0 Å². The first-order valence-corrected chi connectivity index (χ1v) is 11.1. The molecule has 1 amide bonds. The van der Waals surface area contributed by atoms with Gasteiger partial charge in [0.2, 0.25) is 5.91 Å². The molecule has 3 aromatic heterocycles. The van der Waals surface area contributed by atoms with Crippen molar-refractivity contribution >= 4 is 39.2 Å². The quantitative estimate of drug-likeness (QED) is 0.512. The van der Waals surface area contributed by atoms with Gasteiger partial charge in [0.05, 0.1) is 29.1 Å². The molecule has 0 aliphatic carbocycles. The zero-order valence-electron chi connectivity index (χ0n) is 17.4. The van der Waals surface area contributed by atoms with E-state index in [1.165, 1.54) is 0 Å². The number of imidazole rings is 1. The number of rotatable bonds is 5. The molecule has 8 nitrogen and oxygen atoms in total. The molecule has 4 aromatic rings. The summed E-state index contributed by atoms with van der Waals surface area (Å²) in [6, 6.07) is 9.75. The van der Waals surface area contributed by atoms with Gasteiger partial charge in [-0.05, 0) is 38.8 Å². The van der Waals surface area contributed by atoms with Crippen molar-refractivity contribution in [3.63, 3.8) is 0 Å². The van der Waals surface area contributed by atoms with Gasteiger partial charge in [-0.25, -0.2) is 19.9 Å². The zero-order valence-corrected chi connectivity index (χ0v) is 18.3. The van der Waals surface area contributed by atoms with Crippen molar-refractivity contribution in [1.29, 1.82) is 0 Å². The summed E-state index contributed by atoms with van der Waals surface area (Å²) >= 11 is 1.58. The van der Waals surface area contributed by atoms with Gasteiger partial charge >= 0.3 is 0 Å². The fourth-order valence-electron chi connectivity index (χ4n) is 4.09. The maximum absolute atomic E-state index is 13.2. The number of carbonyl (C=O) groups excluding carboxylic acids is 1. The summed E-state index contributed by atoms with van der Waals surface area (Å²) in [7, 11) is 0. The summed E-state index contributed by atoms with van der Waals surface area (Å²) in [6.07, 6.45) is 5.42. The molecule has 31 heavy (non-hydrogen) atoms. The smallest absolute Gasteiger partial charge is 0.243 e. The number of aryl methyl sites for hydroxylation is 2. The maximum Gasteiger partial charge on any atom is 0.243 e. The third kappa shape index (κ3) is 4.00. The third-order valence-corrected chi connectivity index (χ3v) is 6.29. The summed E-state index contributed by atoms with van der Waals surface area (Å²) in [6.45, 7) is 4.89. The Morgan fingerprint density at radius 2 is 2.10 bits per heavy atom. The second kappa shape index (κ2) is 8.07. The lowest BCUT2D eigenvalue weighted by Gasteiger charge is -2.25. The Hall–Kier alpha value is -3.33. The van der Waals surface area contributed by atoms with Gasteiger partial charge in [0.15, 0.2) is 5.13 Å². The molecule has 1 fully saturated rings. The van der Waals surface area contributed by atoms with Crippen LogP contribution in [0.25, 0.3) is 11.0 Å². The number of aromatic nitrogens is 5. The predicted octanol–water partition coefficient (Wildman–Crippen LogP) is 4.01. The van der Waals surface area contributed by atoms with Crippen molar-refractivity contribution in [2.45, 2.75) is 39.3 Å². The molecule has 0 saturated carbocycles. The number of amides is 1. The molecule has 5 rings (SSSR count). The number of nitrogens with one attached hydrogen (secondary N) is 1. The van der Waals surface area contributed by atoms with Crippen LogP contribution in [0.1, 0.15) is 35.3 Å². The van der Waals surface area contributed by atoms with Crippen LogP contribution in [-0.2, 0) is 11.3 Å². The Morgan fingerprint density at radius 1 is 1.23 bits per heavy atom. The van der Waals surface area contributed by atoms with Crippen molar-refractivity contribution in [2.75, 3.05) is 11.9 Å². The van der Waals surface area contributed by atoms with E-state index in [1.54, 1.807) is 17.7 Å². The molecule has 1 aliphatic heterocycles. The summed E-state index contributed by atoms with van der Waals surface area (Å²) in [5, 5.41) is 4.07. The highest BCUT2D eigenvalue weighted by Crippen LogP contribution is 2.33. The first-order chi connectivity index (χ1) is 15.1. The van der Waals surface area contributed by atoms with Gasteiger partial charge in [0, 0.05) is 23.7 Å². The van der Waals surface area contributed by atoms with Crippen LogP contribution in [0, 0.1) is 13.8 Å². The van der Waals surface area contributed by atoms with Crippen molar-refractivity contribution in [3.05, 3.63) is 59.3 Å². The maximum atomic E-state index is 13.2. The largest absolute Gasteiger partial charge is 0.333 e. The van der Waals surface area contributed by atoms with Crippen molar-refractivity contribution in [2.24, 2.45) is 0 Å². The number of nitrogens with zero attached hydrogens (tertiary/aromatic N) is 6. The van der Waals surface area contributed by atoms with Crippen molar-refractivity contribution in [3.8, 4) is 0 Å². The van der Waals surface area contributed by atoms with Crippen LogP contribution in [0.2, 0.25) is 0 Å². The molecule has 0 radical (unpaired) electrons. The summed E-state index contributed by atoms with van der Waals surface area (Å²) in [4.78, 5) is 34.2. The molecule has 9 heteroatoms. The van der Waals surface area contributed by atoms with E-state index < -0.39 is 0 Å². The highest BCUT2D eigenvalue weighted by Gasteiger charge is 2.31. The second-order valence-electron chi connectivity index (χ2n) is 7.73. The molecule has 1 N–H and O–H groups in total. The molecule has 0 spiro atoms. The average Bonchev–Trinajstić information content (AvgIpc) is 3.48. The minimum absolute atomic E-state index is 0.0532. The molecule has 1 saturated heterocycles. The standard InChI is InChI=1S/C22H23N7OS/c1-14-11-23-22(31-14)27-20-10-17(25-15(2)26-20)19-8-5-9-29(19)21(30)12-28-13-24-16-6-3-4-7-18(16)28/h3-4,6-7,10-11,13,19H,5,8-9,12H2,1-2H3,(H,23,25,26,27)/t19-/m1/s1. The van der Waals surface area contributed by atoms with E-state index in [0.29, 0.717) is 11.6 Å². The molecule has 1 aromatic carbocycles. The number of carbonyl (C=O) groups is 1. The Morgan fingerprint density at radius 3 is 2.94 bits per heavy atom. The molecule has 0 bridgehead atoms. The van der Waals surface area contributed by atoms with Crippen LogP contribution in [0.15, 0.2) is 42.9 Å². The molecular formula is C22H23N7OS. The van der Waals surface area contributed by atoms with E-state index in [4.69, 9.17) is 0 Å². The molecule has 4 heterocycles. The lowest BCUT2D eigenvalue weighted by atomic mass is 10.1. The van der Waals surface area contributed by atoms with Crippen molar-refractivity contribution in [1.82, 2.24) is 29.4 Å². The second-order valence-corrected chi connectivity index (χ2v) is 8.97. The van der Waals surface area contributed by atoms with Crippen LogP contribution >= 0.6 is 11.3 Å². The molecule has 0 unspecified atom stereocenters. The fourth-order valence-corrected chi connectivity index (χ4v) is 4.76. The van der Waals surface area contributed by atoms with Crippen LogP contribution in [0.5, 0.6) is 0 Å². The molecular weight excluding hydrogens is 410 g/mol. The number of anilines is 2. The lowest BCUT2D eigenvalue weighted by Crippen LogP contribution is -2.33. The van der Waals surface area contributed by atoms with Gasteiger partial charge in [-0.15, -0.1) is 11.3 Å². The van der Waals surface area contributed by atoms with Crippen LogP contribution in [-0.4, -0.2) is 41.9 Å². The summed E-state index contributed by atoms with van der Waals surface area (Å²) in [5.41, 5.74) is 2.73. The average molecular weight is 434 g/mol. The minimum Gasteiger partial charge on any atom is -0.333 e. The van der Waals surface area contributed by atoms with Crippen LogP contribution in [0.3, 0.4) is 0 Å². The van der Waals surface area contributed by atoms with Crippen molar-refractivity contribution < 1.29 is 4.79 Å². The molecule has 1 atom stereocenters. The van der Waals surface area contributed by atoms with E-state index in [2.05, 4.69) is 25.3 Å². The van der Waals surface area contributed by atoms with E-state index in [0.717, 1.165) is 46.1 Å². The number of fused-ring (bicyclic) bond motifs is 1. The lowest BCUT2D eigenvalue weighted by molar-refractivity contribution is -0.132. The third-order valence-electron chi connectivity index (χ3n) is 5.46. The van der Waals surface area contributed by atoms with E-state index in [1.807, 2.05) is 59.8 Å². The fraction of sp³-hybridized carbons (Fsp3) is 0.318. The van der Waals surface area contributed by atoms with E-state index in [9.17, 15) is 4.79 Å². The van der Waals surface area contributed by atoms with Crippen LogP contribution in [0.4, 0.5) is 10.9 Å². The number of likely N-dealkylation sites (tertiary alicyclic amines) is 1. The Labute approximate surface area is 184 Å². The van der Waals surface area contributed by atoms with Gasteiger partial charge < -0.3 is 14.8 Å². The SMILES string of the molecule is Cc1nc(Nc2ncc(C)s2)cc([C@H]2CCCN2C(=O)Cn2cnc3ccccc32)n1. The zero-order chi connectivity index (χ0) is 21.4. The predicted molar refractivity (Wildman–Crippen MR) is 120 cm³/mol. The van der Waals surface area contributed by atoms with Gasteiger partial charge in [-0.2, -0.15) is 0 Å². The Bertz CT molecular complexity index is 1250. The Kier molecular flexibility index (Phi) is 5.11. The van der Waals surface area contributed by atoms with Gasteiger partial charge in [-0.3, -0.25) is 4.79 Å². The first-order valence-electron chi connectivity index (χ1n) is 10.3. The molecule has 158 valence electrons. The number of para-hydroxylation sites is 2. The number of hydrogen-bond acceptors (Lipinski definition) is 7. The van der Waals surface area contributed by atoms with E-state index in [-0.39, 0.29) is 18.5 Å². The monoisotopic (exact) mass is 433 g/mol. The summed E-state index contributed by atoms with van der Waals surface area (Å²) in [5.74, 6) is 1.46. The summed E-state index contributed by atoms with van der Waals surface area (Å²) < 4.78 is 1.91. The number of hydrogen-bond donors (Lipinski definition) is 1. The highest BCUT2D eigenvalue weighted by molar-refractivity contribution is 7.15. The minimum atomic E-state index is -0.0532. The topological polar surface area (TPSA) is 88.8 Å². The normalized spacial score (nSPS) is 16.2. The number of thiazole rings is 1. The number of benzene rings is 1. The Balaban J connectivity index is 1.37. The van der Waals surface area contributed by atoms with Crippen LogP contribution < -0.4 is 5.32 Å². The van der Waals surface area contributed by atoms with Gasteiger partial charge in [0.1, 0.15) is 18.2 Å². The van der Waals surface area contributed by atoms with E-state index >= 15 is 0 Å². The highest BCUT2D eigenvalue weighted by atomic mass is 32.1. The first kappa shape index (κ1) is 19.6. The van der Waals surface area contributed by atoms with Gasteiger partial charge in [-0.1, -0.05) is 12.1 Å².